The molecule has 2 aromatic rings. The minimum atomic E-state index is -0.492. The third kappa shape index (κ3) is 3.93. The second-order valence-corrected chi connectivity index (χ2v) is 5.53. The maximum absolute atomic E-state index is 11.0. The number of nitrogens with zero attached hydrogens (tertiary/aromatic N) is 1. The highest BCUT2D eigenvalue weighted by molar-refractivity contribution is 9.10. The molecule has 1 N–H and O–H groups in total. The summed E-state index contributed by atoms with van der Waals surface area (Å²) in [6.07, 6.45) is 0. The van der Waals surface area contributed by atoms with Crippen molar-refractivity contribution in [3.8, 4) is 5.75 Å². The first-order chi connectivity index (χ1) is 10.0. The van der Waals surface area contributed by atoms with Crippen LogP contribution in [0.5, 0.6) is 5.75 Å². The number of rotatable bonds is 5. The third-order valence-corrected chi connectivity index (χ3v) is 3.66. The van der Waals surface area contributed by atoms with Crippen LogP contribution in [-0.2, 0) is 13.2 Å². The molecule has 5 nitrogen and oxygen atoms in total. The van der Waals surface area contributed by atoms with Gasteiger partial charge in [0.2, 0.25) is 0 Å². The predicted octanol–water partition coefficient (Wildman–Crippen LogP) is 4.08. The number of hydrogen-bond acceptors (Lipinski definition) is 4. The molecular weight excluding hydrogens is 362 g/mol. The fraction of sp³-hybridized carbons (Fsp3) is 0.143. The van der Waals surface area contributed by atoms with Gasteiger partial charge in [0.15, 0.2) is 0 Å². The molecule has 0 atom stereocenters. The lowest BCUT2D eigenvalue weighted by atomic mass is 10.2. The molecule has 2 aromatic carbocycles. The standard InChI is InChI=1S/C14H11BrClNO4/c15-12-5-9(7-18)1-4-14(12)21-8-10-2-3-11(16)6-13(10)17(19)20/h1-6,18H,7-8H2. The van der Waals surface area contributed by atoms with Crippen LogP contribution in [0.25, 0.3) is 0 Å². The summed E-state index contributed by atoms with van der Waals surface area (Å²) in [5, 5.41) is 20.3. The molecule has 0 amide bonds. The van der Waals surface area contributed by atoms with E-state index in [0.717, 1.165) is 5.56 Å². The molecular formula is C14H11BrClNO4. The van der Waals surface area contributed by atoms with E-state index in [1.807, 2.05) is 0 Å². The zero-order valence-corrected chi connectivity index (χ0v) is 13.1. The van der Waals surface area contributed by atoms with Crippen molar-refractivity contribution in [3.63, 3.8) is 0 Å². The van der Waals surface area contributed by atoms with Gasteiger partial charge >= 0.3 is 0 Å². The minimum absolute atomic E-state index is 0.0462. The molecule has 0 unspecified atom stereocenters. The van der Waals surface area contributed by atoms with Gasteiger partial charge in [0.1, 0.15) is 12.4 Å². The van der Waals surface area contributed by atoms with Crippen molar-refractivity contribution in [3.05, 3.63) is 67.1 Å². The summed E-state index contributed by atoms with van der Waals surface area (Å²) in [7, 11) is 0. The number of halogens is 2. The number of nitro benzene ring substituents is 1. The predicted molar refractivity (Wildman–Crippen MR) is 82.5 cm³/mol. The van der Waals surface area contributed by atoms with Gasteiger partial charge in [-0.05, 0) is 45.8 Å². The second-order valence-electron chi connectivity index (χ2n) is 4.24. The number of ether oxygens (including phenoxy) is 1. The summed E-state index contributed by atoms with van der Waals surface area (Å²) in [5.41, 5.74) is 1.10. The zero-order valence-electron chi connectivity index (χ0n) is 10.8. The summed E-state index contributed by atoms with van der Waals surface area (Å²) in [6, 6.07) is 9.58. The molecule has 0 aliphatic carbocycles. The lowest BCUT2D eigenvalue weighted by Crippen LogP contribution is -2.01. The maximum atomic E-state index is 11.0. The number of aliphatic hydroxyl groups is 1. The monoisotopic (exact) mass is 371 g/mol. The van der Waals surface area contributed by atoms with E-state index < -0.39 is 4.92 Å². The van der Waals surface area contributed by atoms with Crippen molar-refractivity contribution in [1.29, 1.82) is 0 Å². The highest BCUT2D eigenvalue weighted by Gasteiger charge is 2.15. The molecule has 0 fully saturated rings. The quantitative estimate of drug-likeness (QED) is 0.634. The molecule has 0 spiro atoms. The van der Waals surface area contributed by atoms with Gasteiger partial charge in [-0.1, -0.05) is 17.7 Å². The second kappa shape index (κ2) is 6.89. The highest BCUT2D eigenvalue weighted by Crippen LogP contribution is 2.29. The SMILES string of the molecule is O=[N+]([O-])c1cc(Cl)ccc1COc1ccc(CO)cc1Br. The Morgan fingerprint density at radius 2 is 2.05 bits per heavy atom. The van der Waals surface area contributed by atoms with Gasteiger partial charge in [0.05, 0.1) is 21.6 Å². The molecule has 0 aliphatic heterocycles. The topological polar surface area (TPSA) is 72.6 Å². The van der Waals surface area contributed by atoms with Crippen LogP contribution in [-0.4, -0.2) is 10.0 Å². The van der Waals surface area contributed by atoms with E-state index in [2.05, 4.69) is 15.9 Å². The van der Waals surface area contributed by atoms with Gasteiger partial charge < -0.3 is 9.84 Å². The van der Waals surface area contributed by atoms with Gasteiger partial charge in [-0.2, -0.15) is 0 Å². The number of hydrogen-bond donors (Lipinski definition) is 1. The number of aliphatic hydroxyl groups excluding tert-OH is 1. The van der Waals surface area contributed by atoms with E-state index in [4.69, 9.17) is 21.4 Å². The fourth-order valence-corrected chi connectivity index (χ4v) is 2.45. The van der Waals surface area contributed by atoms with Crippen LogP contribution < -0.4 is 4.74 Å². The average Bonchev–Trinajstić information content (AvgIpc) is 2.46. The lowest BCUT2D eigenvalue weighted by Gasteiger charge is -2.09. The minimum Gasteiger partial charge on any atom is -0.487 e. The van der Waals surface area contributed by atoms with E-state index >= 15 is 0 Å². The first-order valence-electron chi connectivity index (χ1n) is 5.96. The largest absolute Gasteiger partial charge is 0.487 e. The smallest absolute Gasteiger partial charge is 0.277 e. The van der Waals surface area contributed by atoms with Gasteiger partial charge in [-0.15, -0.1) is 0 Å². The Morgan fingerprint density at radius 3 is 2.67 bits per heavy atom. The van der Waals surface area contributed by atoms with E-state index in [-0.39, 0.29) is 18.9 Å². The Hall–Kier alpha value is -1.63. The van der Waals surface area contributed by atoms with Crippen molar-refractivity contribution in [2.45, 2.75) is 13.2 Å². The van der Waals surface area contributed by atoms with Crippen molar-refractivity contribution in [1.82, 2.24) is 0 Å². The maximum Gasteiger partial charge on any atom is 0.277 e. The number of nitro groups is 1. The summed E-state index contributed by atoms with van der Waals surface area (Å²) in [5.74, 6) is 0.538. The molecule has 0 heterocycles. The molecule has 0 radical (unpaired) electrons. The molecule has 7 heteroatoms. The van der Waals surface area contributed by atoms with Crippen LogP contribution in [0.4, 0.5) is 5.69 Å². The van der Waals surface area contributed by atoms with Crippen LogP contribution in [0.3, 0.4) is 0 Å². The summed E-state index contributed by atoms with van der Waals surface area (Å²) >= 11 is 9.09. The molecule has 0 aliphatic rings. The van der Waals surface area contributed by atoms with Crippen LogP contribution in [0.15, 0.2) is 40.9 Å². The van der Waals surface area contributed by atoms with Crippen molar-refractivity contribution in [2.24, 2.45) is 0 Å². The van der Waals surface area contributed by atoms with Gasteiger partial charge in [-0.25, -0.2) is 0 Å². The van der Waals surface area contributed by atoms with Crippen LogP contribution in [0.2, 0.25) is 5.02 Å². The van der Waals surface area contributed by atoms with Crippen molar-refractivity contribution >= 4 is 33.2 Å². The van der Waals surface area contributed by atoms with Crippen LogP contribution in [0.1, 0.15) is 11.1 Å². The molecule has 0 bridgehead atoms. The molecule has 21 heavy (non-hydrogen) atoms. The molecule has 2 rings (SSSR count). The Kier molecular flexibility index (Phi) is 5.17. The van der Waals surface area contributed by atoms with Crippen molar-refractivity contribution < 1.29 is 14.8 Å². The van der Waals surface area contributed by atoms with E-state index in [1.165, 1.54) is 6.07 Å². The highest BCUT2D eigenvalue weighted by atomic mass is 79.9. The van der Waals surface area contributed by atoms with Crippen LogP contribution >= 0.6 is 27.5 Å². The Balaban J connectivity index is 2.18. The van der Waals surface area contributed by atoms with Crippen molar-refractivity contribution in [2.75, 3.05) is 0 Å². The van der Waals surface area contributed by atoms with Gasteiger partial charge in [0.25, 0.3) is 5.69 Å². The molecule has 0 saturated heterocycles. The lowest BCUT2D eigenvalue weighted by molar-refractivity contribution is -0.385. The summed E-state index contributed by atoms with van der Waals surface area (Å²) in [4.78, 5) is 10.5. The first-order valence-corrected chi connectivity index (χ1v) is 7.13. The summed E-state index contributed by atoms with van der Waals surface area (Å²) < 4.78 is 6.25. The Morgan fingerprint density at radius 1 is 1.29 bits per heavy atom. The van der Waals surface area contributed by atoms with E-state index in [1.54, 1.807) is 30.3 Å². The molecule has 0 saturated carbocycles. The number of benzene rings is 2. The van der Waals surface area contributed by atoms with Gasteiger partial charge in [0, 0.05) is 11.1 Å². The third-order valence-electron chi connectivity index (χ3n) is 2.81. The molecule has 0 aromatic heterocycles. The normalized spacial score (nSPS) is 10.4. The summed E-state index contributed by atoms with van der Waals surface area (Å²) in [6.45, 7) is -0.0217. The average molecular weight is 373 g/mol. The van der Waals surface area contributed by atoms with E-state index in [9.17, 15) is 10.1 Å². The molecule has 110 valence electrons. The first kappa shape index (κ1) is 15.8. The Bertz CT molecular complexity index is 678. The van der Waals surface area contributed by atoms with Crippen LogP contribution in [0, 0.1) is 10.1 Å². The van der Waals surface area contributed by atoms with Gasteiger partial charge in [-0.3, -0.25) is 10.1 Å². The zero-order chi connectivity index (χ0) is 15.4. The fourth-order valence-electron chi connectivity index (χ4n) is 1.74. The van der Waals surface area contributed by atoms with E-state index in [0.29, 0.717) is 20.8 Å². The Labute approximate surface area is 134 Å².